The second kappa shape index (κ2) is 8.47. The third-order valence-electron chi connectivity index (χ3n) is 7.00. The summed E-state index contributed by atoms with van der Waals surface area (Å²) in [4.78, 5) is 30.7. The summed E-state index contributed by atoms with van der Waals surface area (Å²) in [6.45, 7) is 11.5. The van der Waals surface area contributed by atoms with Crippen molar-refractivity contribution in [2.75, 3.05) is 0 Å². The number of hydrogen-bond acceptors (Lipinski definition) is 3. The molecule has 2 unspecified atom stereocenters. The average Bonchev–Trinajstić information content (AvgIpc) is 2.99. The van der Waals surface area contributed by atoms with Crippen LogP contribution >= 0.6 is 0 Å². The molecule has 3 aromatic rings. The third kappa shape index (κ3) is 4.75. The van der Waals surface area contributed by atoms with Gasteiger partial charge in [0.2, 0.25) is 0 Å². The number of amides is 1. The van der Waals surface area contributed by atoms with Crippen molar-refractivity contribution in [3.8, 4) is 0 Å². The van der Waals surface area contributed by atoms with Crippen molar-refractivity contribution in [2.45, 2.75) is 72.4 Å². The minimum absolute atomic E-state index is 0.00405. The number of benzene rings is 1. The fourth-order valence-corrected chi connectivity index (χ4v) is 4.94. The molecule has 0 aliphatic heterocycles. The highest BCUT2D eigenvalue weighted by molar-refractivity contribution is 5.94. The number of rotatable bonds is 4. The first kappa shape index (κ1) is 23.3. The van der Waals surface area contributed by atoms with Crippen LogP contribution in [0.1, 0.15) is 75.9 Å². The van der Waals surface area contributed by atoms with E-state index in [2.05, 4.69) is 46.0 Å². The molecule has 2 atom stereocenters. The van der Waals surface area contributed by atoms with Gasteiger partial charge in [0.25, 0.3) is 5.91 Å². The van der Waals surface area contributed by atoms with Crippen LogP contribution in [0.25, 0.3) is 11.2 Å². The molecule has 0 spiro atoms. The van der Waals surface area contributed by atoms with Crippen molar-refractivity contribution in [3.05, 3.63) is 64.2 Å². The van der Waals surface area contributed by atoms with Gasteiger partial charge in [-0.05, 0) is 54.4 Å². The van der Waals surface area contributed by atoms with Crippen LogP contribution in [-0.2, 0) is 13.6 Å². The van der Waals surface area contributed by atoms with Crippen molar-refractivity contribution in [3.63, 3.8) is 0 Å². The monoisotopic (exact) mass is 448 g/mol. The van der Waals surface area contributed by atoms with E-state index in [0.717, 1.165) is 36.1 Å². The predicted molar refractivity (Wildman–Crippen MR) is 132 cm³/mol. The molecule has 2 aromatic heterocycles. The number of carbonyl (C=O) groups is 1. The Kier molecular flexibility index (Phi) is 5.97. The fourth-order valence-electron chi connectivity index (χ4n) is 4.94. The lowest BCUT2D eigenvalue weighted by molar-refractivity contribution is 0.0836. The standard InChI is InChI=1S/C27H36N4O2/c1-26(2,3)17-31-21-13-12-20(28-23(21)30(6)25(31)33)19-14-15-27(4,5)22(16-19)29-24(32)18-10-8-7-9-11-18/h7-13,19,22H,14-17H2,1-6H3,(H,29,32). The minimum atomic E-state index is -0.0283. The molecule has 1 N–H and O–H groups in total. The van der Waals surface area contributed by atoms with E-state index in [0.29, 0.717) is 12.1 Å². The summed E-state index contributed by atoms with van der Waals surface area (Å²) >= 11 is 0. The maximum Gasteiger partial charge on any atom is 0.330 e. The zero-order valence-electron chi connectivity index (χ0n) is 20.7. The number of carbonyl (C=O) groups excluding carboxylic acids is 1. The van der Waals surface area contributed by atoms with E-state index in [1.54, 1.807) is 11.6 Å². The van der Waals surface area contributed by atoms with Gasteiger partial charge in [0.05, 0.1) is 5.52 Å². The molecule has 6 nitrogen and oxygen atoms in total. The molecule has 0 saturated heterocycles. The number of hydrogen-bond donors (Lipinski definition) is 1. The first-order valence-corrected chi connectivity index (χ1v) is 11.9. The number of fused-ring (bicyclic) bond motifs is 1. The van der Waals surface area contributed by atoms with E-state index in [4.69, 9.17) is 4.98 Å². The number of nitrogens with zero attached hydrogens (tertiary/aromatic N) is 3. The van der Waals surface area contributed by atoms with E-state index < -0.39 is 0 Å². The van der Waals surface area contributed by atoms with Crippen LogP contribution < -0.4 is 11.0 Å². The Morgan fingerprint density at radius 1 is 1.15 bits per heavy atom. The zero-order valence-corrected chi connectivity index (χ0v) is 20.7. The number of pyridine rings is 1. The van der Waals surface area contributed by atoms with E-state index in [9.17, 15) is 9.59 Å². The molecule has 2 heterocycles. The van der Waals surface area contributed by atoms with Crippen LogP contribution in [0.5, 0.6) is 0 Å². The Morgan fingerprint density at radius 3 is 2.52 bits per heavy atom. The third-order valence-corrected chi connectivity index (χ3v) is 7.00. The summed E-state index contributed by atoms with van der Waals surface area (Å²) in [5.74, 6) is 0.212. The first-order chi connectivity index (χ1) is 15.5. The van der Waals surface area contributed by atoms with Crippen molar-refractivity contribution in [1.29, 1.82) is 0 Å². The second-order valence-electron chi connectivity index (χ2n) is 11.4. The maximum atomic E-state index is 12.9. The van der Waals surface area contributed by atoms with Crippen LogP contribution in [0, 0.1) is 10.8 Å². The quantitative estimate of drug-likeness (QED) is 0.619. The number of aryl methyl sites for hydroxylation is 1. The molecule has 1 amide bonds. The number of aromatic nitrogens is 3. The summed E-state index contributed by atoms with van der Waals surface area (Å²) in [7, 11) is 1.80. The average molecular weight is 449 g/mol. The van der Waals surface area contributed by atoms with Gasteiger partial charge in [0.15, 0.2) is 5.65 Å². The van der Waals surface area contributed by atoms with Crippen LogP contribution in [0.3, 0.4) is 0 Å². The summed E-state index contributed by atoms with van der Waals surface area (Å²) in [6.07, 6.45) is 2.85. The van der Waals surface area contributed by atoms with Gasteiger partial charge in [0, 0.05) is 36.8 Å². The predicted octanol–water partition coefficient (Wildman–Crippen LogP) is 4.87. The molecule has 4 rings (SSSR count). The molecule has 1 aromatic carbocycles. The SMILES string of the molecule is Cn1c(=O)n(CC(C)(C)C)c2ccc(C3CCC(C)(C)C(NC(=O)c4ccccc4)C3)nc21. The van der Waals surface area contributed by atoms with Gasteiger partial charge < -0.3 is 5.32 Å². The van der Waals surface area contributed by atoms with E-state index in [1.165, 1.54) is 0 Å². The van der Waals surface area contributed by atoms with Gasteiger partial charge in [0.1, 0.15) is 0 Å². The van der Waals surface area contributed by atoms with Crippen LogP contribution in [0.4, 0.5) is 0 Å². The molecule has 1 aliphatic carbocycles. The molecule has 1 saturated carbocycles. The van der Waals surface area contributed by atoms with Crippen molar-refractivity contribution < 1.29 is 4.79 Å². The van der Waals surface area contributed by atoms with Gasteiger partial charge in [-0.15, -0.1) is 0 Å². The molecule has 33 heavy (non-hydrogen) atoms. The van der Waals surface area contributed by atoms with E-state index in [-0.39, 0.29) is 34.4 Å². The Hall–Kier alpha value is -2.89. The summed E-state index contributed by atoms with van der Waals surface area (Å²) < 4.78 is 3.49. The first-order valence-electron chi connectivity index (χ1n) is 11.9. The lowest BCUT2D eigenvalue weighted by atomic mass is 9.68. The van der Waals surface area contributed by atoms with Crippen LogP contribution in [0.2, 0.25) is 0 Å². The molecule has 6 heteroatoms. The Bertz CT molecular complexity index is 1210. The van der Waals surface area contributed by atoms with E-state index >= 15 is 0 Å². The summed E-state index contributed by atoms with van der Waals surface area (Å²) in [5.41, 5.74) is 3.28. The molecular formula is C27H36N4O2. The highest BCUT2D eigenvalue weighted by Gasteiger charge is 2.38. The zero-order chi connectivity index (χ0) is 24.0. The molecule has 0 bridgehead atoms. The molecule has 176 valence electrons. The Morgan fingerprint density at radius 2 is 1.85 bits per heavy atom. The fraction of sp³-hybridized carbons (Fsp3) is 0.519. The molecule has 1 fully saturated rings. The van der Waals surface area contributed by atoms with E-state index in [1.807, 2.05) is 41.0 Å². The van der Waals surface area contributed by atoms with Gasteiger partial charge in [-0.3, -0.25) is 13.9 Å². The van der Waals surface area contributed by atoms with Gasteiger partial charge in [-0.1, -0.05) is 52.8 Å². The normalized spacial score (nSPS) is 20.7. The van der Waals surface area contributed by atoms with Crippen molar-refractivity contribution >= 4 is 17.1 Å². The summed E-state index contributed by atoms with van der Waals surface area (Å²) in [6, 6.07) is 13.6. The van der Waals surface area contributed by atoms with Gasteiger partial charge in [-0.2, -0.15) is 0 Å². The highest BCUT2D eigenvalue weighted by Crippen LogP contribution is 2.42. The van der Waals surface area contributed by atoms with Gasteiger partial charge >= 0.3 is 5.69 Å². The topological polar surface area (TPSA) is 68.9 Å². The Balaban J connectivity index is 1.61. The lowest BCUT2D eigenvalue weighted by Gasteiger charge is -2.42. The lowest BCUT2D eigenvalue weighted by Crippen LogP contribution is -2.48. The molecule has 0 radical (unpaired) electrons. The molecule has 1 aliphatic rings. The highest BCUT2D eigenvalue weighted by atomic mass is 16.2. The summed E-state index contributed by atoms with van der Waals surface area (Å²) in [5, 5.41) is 3.29. The van der Waals surface area contributed by atoms with Crippen LogP contribution in [-0.4, -0.2) is 26.1 Å². The largest absolute Gasteiger partial charge is 0.349 e. The molecular weight excluding hydrogens is 412 g/mol. The van der Waals surface area contributed by atoms with Crippen molar-refractivity contribution in [2.24, 2.45) is 17.9 Å². The minimum Gasteiger partial charge on any atom is -0.349 e. The smallest absolute Gasteiger partial charge is 0.330 e. The number of imidazole rings is 1. The van der Waals surface area contributed by atoms with Crippen molar-refractivity contribution in [1.82, 2.24) is 19.4 Å². The second-order valence-corrected chi connectivity index (χ2v) is 11.4. The number of nitrogens with one attached hydrogen (secondary N) is 1. The van der Waals surface area contributed by atoms with Gasteiger partial charge in [-0.25, -0.2) is 9.78 Å². The Labute approximate surface area is 196 Å². The van der Waals surface area contributed by atoms with Crippen LogP contribution in [0.15, 0.2) is 47.3 Å². The maximum absolute atomic E-state index is 12.9.